The second kappa shape index (κ2) is 9.75. The van der Waals surface area contributed by atoms with Gasteiger partial charge in [0, 0.05) is 16.2 Å². The fraction of sp³-hybridized carbons (Fsp3) is 0.350. The van der Waals surface area contributed by atoms with Crippen molar-refractivity contribution < 1.29 is 19.1 Å². The summed E-state index contributed by atoms with van der Waals surface area (Å²) in [4.78, 5) is 38.5. The minimum absolute atomic E-state index is 0.124. The molecule has 0 aliphatic heterocycles. The number of thiophene rings is 1. The number of hydrogen-bond donors (Lipinski definition) is 2. The highest BCUT2D eigenvalue weighted by molar-refractivity contribution is 7.99. The molecule has 148 valence electrons. The molecule has 1 heterocycles. The molecule has 1 aromatic carbocycles. The monoisotopic (exact) mass is 418 g/mol. The SMILES string of the molecule is COC(=O)NC(=O)c1c(NC(=O)CCCSc2ccccc2)sc2c1CCC2. The number of fused-ring (bicyclic) bond motifs is 1. The van der Waals surface area contributed by atoms with Crippen molar-refractivity contribution in [3.63, 3.8) is 0 Å². The van der Waals surface area contributed by atoms with E-state index in [-0.39, 0.29) is 5.91 Å². The molecular weight excluding hydrogens is 396 g/mol. The molecule has 1 aliphatic rings. The van der Waals surface area contributed by atoms with Gasteiger partial charge in [-0.15, -0.1) is 23.1 Å². The van der Waals surface area contributed by atoms with Gasteiger partial charge in [-0.1, -0.05) is 18.2 Å². The van der Waals surface area contributed by atoms with Gasteiger partial charge >= 0.3 is 6.09 Å². The maximum Gasteiger partial charge on any atom is 0.413 e. The number of nitrogens with one attached hydrogen (secondary N) is 2. The Morgan fingerprint density at radius 2 is 1.96 bits per heavy atom. The van der Waals surface area contributed by atoms with E-state index in [0.717, 1.165) is 41.9 Å². The number of imide groups is 1. The summed E-state index contributed by atoms with van der Waals surface area (Å²) >= 11 is 3.14. The Hall–Kier alpha value is -2.32. The first kappa shape index (κ1) is 20.4. The molecule has 1 aromatic heterocycles. The van der Waals surface area contributed by atoms with Gasteiger partial charge in [0.15, 0.2) is 0 Å². The van der Waals surface area contributed by atoms with E-state index in [0.29, 0.717) is 17.0 Å². The summed E-state index contributed by atoms with van der Waals surface area (Å²) in [5, 5.41) is 5.59. The average molecular weight is 419 g/mol. The topological polar surface area (TPSA) is 84.5 Å². The smallest absolute Gasteiger partial charge is 0.413 e. The largest absolute Gasteiger partial charge is 0.453 e. The lowest BCUT2D eigenvalue weighted by Gasteiger charge is -2.08. The van der Waals surface area contributed by atoms with Gasteiger partial charge in [0.25, 0.3) is 5.91 Å². The third-order valence-corrected chi connectivity index (χ3v) is 6.67. The molecule has 6 nitrogen and oxygen atoms in total. The summed E-state index contributed by atoms with van der Waals surface area (Å²) < 4.78 is 4.50. The van der Waals surface area contributed by atoms with Crippen LogP contribution in [0.2, 0.25) is 0 Å². The minimum atomic E-state index is -0.807. The predicted octanol–water partition coefficient (Wildman–Crippen LogP) is 4.24. The summed E-state index contributed by atoms with van der Waals surface area (Å²) in [5.41, 5.74) is 1.33. The standard InChI is InChI=1S/C20H22N2O4S2/c1-26-20(25)22-18(24)17-14-9-5-10-15(14)28-19(17)21-16(23)11-6-12-27-13-7-3-2-4-8-13/h2-4,7-8H,5-6,9-12H2,1H3,(H,21,23)(H,22,24,25). The van der Waals surface area contributed by atoms with Crippen LogP contribution >= 0.6 is 23.1 Å². The first-order valence-corrected chi connectivity index (χ1v) is 10.9. The number of rotatable bonds is 7. The van der Waals surface area contributed by atoms with E-state index >= 15 is 0 Å². The molecule has 3 amide bonds. The second-order valence-corrected chi connectivity index (χ2v) is 8.59. The number of anilines is 1. The quantitative estimate of drug-likeness (QED) is 0.519. The molecular formula is C20H22N2O4S2. The number of carbonyl (C=O) groups excluding carboxylic acids is 3. The van der Waals surface area contributed by atoms with Crippen LogP contribution < -0.4 is 10.6 Å². The predicted molar refractivity (Wildman–Crippen MR) is 111 cm³/mol. The highest BCUT2D eigenvalue weighted by Gasteiger charge is 2.28. The van der Waals surface area contributed by atoms with E-state index in [1.807, 2.05) is 30.3 Å². The van der Waals surface area contributed by atoms with E-state index < -0.39 is 12.0 Å². The maximum absolute atomic E-state index is 12.5. The van der Waals surface area contributed by atoms with E-state index in [2.05, 4.69) is 15.4 Å². The van der Waals surface area contributed by atoms with Gasteiger partial charge in [-0.05, 0) is 49.1 Å². The molecule has 2 aromatic rings. The van der Waals surface area contributed by atoms with Crippen LogP contribution in [-0.4, -0.2) is 30.8 Å². The summed E-state index contributed by atoms with van der Waals surface area (Å²) in [5.74, 6) is 0.190. The van der Waals surface area contributed by atoms with E-state index in [1.54, 1.807) is 11.8 Å². The molecule has 8 heteroatoms. The number of aryl methyl sites for hydroxylation is 1. The molecule has 28 heavy (non-hydrogen) atoms. The zero-order valence-corrected chi connectivity index (χ0v) is 17.2. The van der Waals surface area contributed by atoms with Gasteiger partial charge in [-0.3, -0.25) is 14.9 Å². The number of ether oxygens (including phenoxy) is 1. The molecule has 3 rings (SSSR count). The van der Waals surface area contributed by atoms with Crippen LogP contribution in [0.3, 0.4) is 0 Å². The molecule has 0 bridgehead atoms. The fourth-order valence-electron chi connectivity index (χ4n) is 3.07. The molecule has 2 N–H and O–H groups in total. The third kappa shape index (κ3) is 5.14. The van der Waals surface area contributed by atoms with Gasteiger partial charge < -0.3 is 10.1 Å². The van der Waals surface area contributed by atoms with Crippen molar-refractivity contribution in [1.29, 1.82) is 0 Å². The van der Waals surface area contributed by atoms with Gasteiger partial charge in [0.05, 0.1) is 12.7 Å². The van der Waals surface area contributed by atoms with Gasteiger partial charge in [-0.25, -0.2) is 4.79 Å². The maximum atomic E-state index is 12.5. The zero-order chi connectivity index (χ0) is 19.9. The number of carbonyl (C=O) groups is 3. The van der Waals surface area contributed by atoms with Crippen molar-refractivity contribution in [2.45, 2.75) is 37.0 Å². The van der Waals surface area contributed by atoms with Crippen LogP contribution in [-0.2, 0) is 22.4 Å². The van der Waals surface area contributed by atoms with Crippen molar-refractivity contribution in [3.05, 3.63) is 46.3 Å². The number of methoxy groups -OCH3 is 1. The lowest BCUT2D eigenvalue weighted by Crippen LogP contribution is -2.31. The van der Waals surface area contributed by atoms with Crippen LogP contribution in [0.15, 0.2) is 35.2 Å². The molecule has 0 saturated carbocycles. The van der Waals surface area contributed by atoms with Gasteiger partial charge in [0.1, 0.15) is 5.00 Å². The Morgan fingerprint density at radius 1 is 1.18 bits per heavy atom. The number of hydrogen-bond acceptors (Lipinski definition) is 6. The Morgan fingerprint density at radius 3 is 2.71 bits per heavy atom. The first-order chi connectivity index (χ1) is 13.6. The number of alkyl carbamates (subject to hydrolysis) is 1. The van der Waals surface area contributed by atoms with Crippen molar-refractivity contribution in [2.24, 2.45) is 0 Å². The number of benzene rings is 1. The molecule has 1 aliphatic carbocycles. The molecule has 0 spiro atoms. The van der Waals surface area contributed by atoms with Gasteiger partial charge in [-0.2, -0.15) is 0 Å². The number of amides is 3. The normalized spacial score (nSPS) is 12.3. The summed E-state index contributed by atoms with van der Waals surface area (Å²) in [6, 6.07) is 10.1. The zero-order valence-electron chi connectivity index (χ0n) is 15.6. The molecule has 0 radical (unpaired) electrons. The lowest BCUT2D eigenvalue weighted by molar-refractivity contribution is -0.116. The average Bonchev–Trinajstić information content (AvgIpc) is 3.26. The summed E-state index contributed by atoms with van der Waals surface area (Å²) in [6.45, 7) is 0. The molecule has 0 fully saturated rings. The first-order valence-electron chi connectivity index (χ1n) is 9.10. The van der Waals surface area contributed by atoms with Crippen LogP contribution in [0.25, 0.3) is 0 Å². The molecule has 0 saturated heterocycles. The summed E-state index contributed by atoms with van der Waals surface area (Å²) in [6.07, 6.45) is 2.95. The van der Waals surface area contributed by atoms with Crippen LogP contribution in [0.4, 0.5) is 9.80 Å². The van der Waals surface area contributed by atoms with E-state index in [9.17, 15) is 14.4 Å². The highest BCUT2D eigenvalue weighted by atomic mass is 32.2. The van der Waals surface area contributed by atoms with Crippen molar-refractivity contribution in [1.82, 2.24) is 5.32 Å². The van der Waals surface area contributed by atoms with Crippen molar-refractivity contribution >= 4 is 46.0 Å². The molecule has 0 atom stereocenters. The van der Waals surface area contributed by atoms with E-state index in [1.165, 1.54) is 23.3 Å². The van der Waals surface area contributed by atoms with Gasteiger partial charge in [0.2, 0.25) is 5.91 Å². The highest BCUT2D eigenvalue weighted by Crippen LogP contribution is 2.39. The van der Waals surface area contributed by atoms with Crippen LogP contribution in [0.5, 0.6) is 0 Å². The Labute approximate surface area is 172 Å². The third-order valence-electron chi connectivity index (χ3n) is 4.36. The summed E-state index contributed by atoms with van der Waals surface area (Å²) in [7, 11) is 1.21. The molecule has 0 unspecified atom stereocenters. The Kier molecular flexibility index (Phi) is 7.11. The fourth-order valence-corrected chi connectivity index (χ4v) is 5.24. The second-order valence-electron chi connectivity index (χ2n) is 6.32. The van der Waals surface area contributed by atoms with Crippen molar-refractivity contribution in [3.8, 4) is 0 Å². The van der Waals surface area contributed by atoms with Crippen LogP contribution in [0, 0.1) is 0 Å². The minimum Gasteiger partial charge on any atom is -0.453 e. The lowest BCUT2D eigenvalue weighted by atomic mass is 10.1. The Bertz CT molecular complexity index is 865. The van der Waals surface area contributed by atoms with Crippen molar-refractivity contribution in [2.75, 3.05) is 18.2 Å². The number of thioether (sulfide) groups is 1. The Balaban J connectivity index is 1.58. The van der Waals surface area contributed by atoms with E-state index in [4.69, 9.17) is 0 Å². The van der Waals surface area contributed by atoms with Crippen LogP contribution in [0.1, 0.15) is 40.1 Å².